The number of benzene rings is 3. The summed E-state index contributed by atoms with van der Waals surface area (Å²) in [6.07, 6.45) is 2.27. The van der Waals surface area contributed by atoms with Gasteiger partial charge in [0.25, 0.3) is 0 Å². The maximum atomic E-state index is 3.56. The van der Waals surface area contributed by atoms with Crippen molar-refractivity contribution in [2.75, 3.05) is 0 Å². The molecule has 0 aliphatic carbocycles. The molecule has 1 heterocycles. The third-order valence-electron chi connectivity index (χ3n) is 4.34. The predicted octanol–water partition coefficient (Wildman–Crippen LogP) is 5.94. The number of H-pyrrole nitrogens is 1. The topological polar surface area (TPSA) is 15.8 Å². The van der Waals surface area contributed by atoms with Crippen LogP contribution >= 0.6 is 0 Å². The highest BCUT2D eigenvalue weighted by Gasteiger charge is 2.13. The van der Waals surface area contributed by atoms with E-state index >= 15 is 0 Å². The second-order valence-corrected chi connectivity index (χ2v) is 5.81. The number of aromatic nitrogens is 1. The quantitative estimate of drug-likeness (QED) is 0.479. The second-order valence-electron chi connectivity index (χ2n) is 5.81. The number of fused-ring (bicyclic) bond motifs is 3. The van der Waals surface area contributed by atoms with Crippen LogP contribution in [-0.4, -0.2) is 4.98 Å². The van der Waals surface area contributed by atoms with Gasteiger partial charge in [0, 0.05) is 21.8 Å². The summed E-state index contributed by atoms with van der Waals surface area (Å²) in [5.41, 5.74) is 6.56. The molecule has 0 bridgehead atoms. The Hall–Kier alpha value is -2.54. The Morgan fingerprint density at radius 1 is 0.773 bits per heavy atom. The number of nitrogens with one attached hydrogen (secondary N) is 1. The Bertz CT molecular complexity index is 932. The van der Waals surface area contributed by atoms with E-state index < -0.39 is 0 Å². The van der Waals surface area contributed by atoms with Crippen molar-refractivity contribution >= 4 is 21.8 Å². The van der Waals surface area contributed by atoms with Crippen LogP contribution in [0.4, 0.5) is 0 Å². The molecule has 0 saturated carbocycles. The van der Waals surface area contributed by atoms with Gasteiger partial charge in [-0.2, -0.15) is 0 Å². The number of rotatable bonds is 3. The van der Waals surface area contributed by atoms with E-state index in [2.05, 4.69) is 78.6 Å². The molecule has 1 N–H and O–H groups in total. The van der Waals surface area contributed by atoms with Gasteiger partial charge in [0.2, 0.25) is 0 Å². The van der Waals surface area contributed by atoms with Crippen molar-refractivity contribution in [2.24, 2.45) is 0 Å². The van der Waals surface area contributed by atoms with Gasteiger partial charge >= 0.3 is 0 Å². The lowest BCUT2D eigenvalue weighted by Gasteiger charge is -2.11. The molecule has 0 aliphatic heterocycles. The Balaban J connectivity index is 2.15. The maximum absolute atomic E-state index is 3.56. The number of hydrogen-bond donors (Lipinski definition) is 1. The molecule has 0 atom stereocenters. The molecule has 0 amide bonds. The highest BCUT2D eigenvalue weighted by molar-refractivity contribution is 6.14. The van der Waals surface area contributed by atoms with Gasteiger partial charge in [0.15, 0.2) is 0 Å². The van der Waals surface area contributed by atoms with Crippen molar-refractivity contribution in [2.45, 2.75) is 19.8 Å². The molecule has 3 aromatic carbocycles. The van der Waals surface area contributed by atoms with Gasteiger partial charge < -0.3 is 4.98 Å². The van der Waals surface area contributed by atoms with E-state index in [-0.39, 0.29) is 0 Å². The number of aryl methyl sites for hydroxylation is 1. The van der Waals surface area contributed by atoms with E-state index in [0.29, 0.717) is 0 Å². The molecule has 4 rings (SSSR count). The molecule has 0 spiro atoms. The lowest BCUT2D eigenvalue weighted by molar-refractivity contribution is 0.925. The monoisotopic (exact) mass is 285 g/mol. The van der Waals surface area contributed by atoms with Crippen LogP contribution in [0.5, 0.6) is 0 Å². The van der Waals surface area contributed by atoms with Gasteiger partial charge in [-0.05, 0) is 35.2 Å². The minimum atomic E-state index is 1.11. The van der Waals surface area contributed by atoms with Crippen molar-refractivity contribution < 1.29 is 0 Å². The van der Waals surface area contributed by atoms with Gasteiger partial charge in [-0.15, -0.1) is 0 Å². The Morgan fingerprint density at radius 3 is 2.36 bits per heavy atom. The van der Waals surface area contributed by atoms with Crippen LogP contribution in [0.25, 0.3) is 32.9 Å². The average Bonchev–Trinajstić information content (AvgIpc) is 2.94. The van der Waals surface area contributed by atoms with Gasteiger partial charge in [-0.3, -0.25) is 0 Å². The van der Waals surface area contributed by atoms with Crippen LogP contribution in [0.1, 0.15) is 18.9 Å². The summed E-state index contributed by atoms with van der Waals surface area (Å²) in [4.78, 5) is 3.56. The standard InChI is InChI=1S/C21H19N/c1-2-8-15-13-14-19-21(17-11-6-7-12-18(17)22-19)20(15)16-9-4-3-5-10-16/h3-7,9-14,22H,2,8H2,1H3. The first-order chi connectivity index (χ1) is 10.9. The van der Waals surface area contributed by atoms with Crippen LogP contribution in [-0.2, 0) is 6.42 Å². The fourth-order valence-electron chi connectivity index (χ4n) is 3.40. The second kappa shape index (κ2) is 5.34. The molecular formula is C21H19N. The zero-order chi connectivity index (χ0) is 14.9. The highest BCUT2D eigenvalue weighted by Crippen LogP contribution is 2.37. The smallest absolute Gasteiger partial charge is 0.0471 e. The Labute approximate surface area is 130 Å². The summed E-state index contributed by atoms with van der Waals surface area (Å²) < 4.78 is 0. The van der Waals surface area contributed by atoms with E-state index in [1.54, 1.807) is 0 Å². The molecule has 0 unspecified atom stereocenters. The molecule has 1 heteroatoms. The third kappa shape index (κ3) is 2.01. The molecule has 22 heavy (non-hydrogen) atoms. The van der Waals surface area contributed by atoms with Gasteiger partial charge in [0.05, 0.1) is 0 Å². The summed E-state index contributed by atoms with van der Waals surface area (Å²) >= 11 is 0. The predicted molar refractivity (Wildman–Crippen MR) is 95.2 cm³/mol. The Morgan fingerprint density at radius 2 is 1.55 bits per heavy atom. The molecule has 4 aromatic rings. The molecule has 108 valence electrons. The SMILES string of the molecule is CCCc1ccc2[nH]c3ccccc3c2c1-c1ccccc1. The van der Waals surface area contributed by atoms with Crippen LogP contribution < -0.4 is 0 Å². The van der Waals surface area contributed by atoms with Crippen molar-refractivity contribution in [3.8, 4) is 11.1 Å². The first-order valence-corrected chi connectivity index (χ1v) is 7.96. The van der Waals surface area contributed by atoms with Gasteiger partial charge in [-0.1, -0.05) is 67.9 Å². The summed E-state index contributed by atoms with van der Waals surface area (Å²) in [7, 11) is 0. The zero-order valence-electron chi connectivity index (χ0n) is 12.8. The first kappa shape index (κ1) is 13.1. The average molecular weight is 285 g/mol. The zero-order valence-corrected chi connectivity index (χ0v) is 12.8. The van der Waals surface area contributed by atoms with Crippen molar-refractivity contribution in [1.82, 2.24) is 4.98 Å². The molecule has 0 aliphatic rings. The molecular weight excluding hydrogens is 266 g/mol. The van der Waals surface area contributed by atoms with E-state index in [9.17, 15) is 0 Å². The molecule has 0 saturated heterocycles. The van der Waals surface area contributed by atoms with E-state index in [4.69, 9.17) is 0 Å². The number of aromatic amines is 1. The van der Waals surface area contributed by atoms with Gasteiger partial charge in [-0.25, -0.2) is 0 Å². The summed E-state index contributed by atoms with van der Waals surface area (Å²) in [6.45, 7) is 2.24. The van der Waals surface area contributed by atoms with E-state index in [1.165, 1.54) is 38.5 Å². The van der Waals surface area contributed by atoms with Crippen LogP contribution in [0.15, 0.2) is 66.7 Å². The number of hydrogen-bond acceptors (Lipinski definition) is 0. The minimum absolute atomic E-state index is 1.11. The van der Waals surface area contributed by atoms with E-state index in [1.807, 2.05) is 0 Å². The fraction of sp³-hybridized carbons (Fsp3) is 0.143. The van der Waals surface area contributed by atoms with Crippen LogP contribution in [0.3, 0.4) is 0 Å². The maximum Gasteiger partial charge on any atom is 0.0471 e. The lowest BCUT2D eigenvalue weighted by Crippen LogP contribution is -1.90. The third-order valence-corrected chi connectivity index (χ3v) is 4.34. The minimum Gasteiger partial charge on any atom is -0.354 e. The van der Waals surface area contributed by atoms with Gasteiger partial charge in [0.1, 0.15) is 0 Å². The molecule has 1 nitrogen and oxygen atoms in total. The number of para-hydroxylation sites is 1. The normalized spacial score (nSPS) is 11.3. The van der Waals surface area contributed by atoms with Crippen molar-refractivity contribution in [3.63, 3.8) is 0 Å². The lowest BCUT2D eigenvalue weighted by atomic mass is 9.92. The van der Waals surface area contributed by atoms with Crippen LogP contribution in [0, 0.1) is 0 Å². The summed E-state index contributed by atoms with van der Waals surface area (Å²) in [5, 5.41) is 2.67. The first-order valence-electron chi connectivity index (χ1n) is 7.96. The van der Waals surface area contributed by atoms with Crippen LogP contribution in [0.2, 0.25) is 0 Å². The molecule has 0 radical (unpaired) electrons. The van der Waals surface area contributed by atoms with Crippen molar-refractivity contribution in [1.29, 1.82) is 0 Å². The Kier molecular flexibility index (Phi) is 3.19. The highest BCUT2D eigenvalue weighted by atomic mass is 14.7. The summed E-state index contributed by atoms with van der Waals surface area (Å²) in [6, 6.07) is 23.9. The largest absolute Gasteiger partial charge is 0.354 e. The summed E-state index contributed by atoms with van der Waals surface area (Å²) in [5.74, 6) is 0. The fourth-order valence-corrected chi connectivity index (χ4v) is 3.40. The van der Waals surface area contributed by atoms with E-state index in [0.717, 1.165) is 12.8 Å². The van der Waals surface area contributed by atoms with Crippen molar-refractivity contribution in [3.05, 3.63) is 72.3 Å². The molecule has 1 aromatic heterocycles. The molecule has 0 fully saturated rings.